The van der Waals surface area contributed by atoms with Gasteiger partial charge in [-0.15, -0.1) is 0 Å². The van der Waals surface area contributed by atoms with Crippen molar-refractivity contribution in [2.75, 3.05) is 30.7 Å². The fourth-order valence-electron chi connectivity index (χ4n) is 5.13. The van der Waals surface area contributed by atoms with Crippen LogP contribution in [0, 0.1) is 5.92 Å². The van der Waals surface area contributed by atoms with Crippen LogP contribution in [0.15, 0.2) is 0 Å². The molecule has 2 saturated carbocycles. The van der Waals surface area contributed by atoms with Gasteiger partial charge in [-0.2, -0.15) is 15.0 Å². The third-order valence-corrected chi connectivity index (χ3v) is 6.58. The van der Waals surface area contributed by atoms with Crippen molar-refractivity contribution >= 4 is 11.9 Å². The molecule has 144 valence electrons. The van der Waals surface area contributed by atoms with Gasteiger partial charge in [0.1, 0.15) is 5.82 Å². The molecule has 3 fully saturated rings. The van der Waals surface area contributed by atoms with E-state index in [0.29, 0.717) is 23.7 Å². The molecule has 0 amide bonds. The van der Waals surface area contributed by atoms with Gasteiger partial charge in [0, 0.05) is 25.0 Å². The lowest BCUT2D eigenvalue weighted by Crippen LogP contribution is -2.43. The molecule has 1 aromatic heterocycles. The van der Waals surface area contributed by atoms with Gasteiger partial charge in [0.15, 0.2) is 0 Å². The van der Waals surface area contributed by atoms with Crippen LogP contribution in [-0.2, 0) is 0 Å². The molecule has 4 rings (SSSR count). The summed E-state index contributed by atoms with van der Waals surface area (Å²) in [5, 5.41) is 3.48. The molecule has 0 spiro atoms. The maximum Gasteiger partial charge on any atom is 0.227 e. The zero-order valence-electron chi connectivity index (χ0n) is 16.0. The van der Waals surface area contributed by atoms with Crippen molar-refractivity contribution < 1.29 is 0 Å². The maximum atomic E-state index is 5.97. The van der Waals surface area contributed by atoms with Crippen molar-refractivity contribution in [2.24, 2.45) is 5.92 Å². The summed E-state index contributed by atoms with van der Waals surface area (Å²) in [6.45, 7) is 3.44. The molecular formula is C20H34N6. The van der Waals surface area contributed by atoms with Gasteiger partial charge >= 0.3 is 0 Å². The second kappa shape index (κ2) is 8.51. The Morgan fingerprint density at radius 2 is 1.65 bits per heavy atom. The van der Waals surface area contributed by atoms with Crippen molar-refractivity contribution in [3.8, 4) is 0 Å². The normalized spacial score (nSPS) is 26.2. The van der Waals surface area contributed by atoms with Crippen LogP contribution >= 0.6 is 0 Å². The number of hydrogen-bond acceptors (Lipinski definition) is 6. The predicted octanol–water partition coefficient (Wildman–Crippen LogP) is 3.57. The van der Waals surface area contributed by atoms with E-state index in [1.807, 2.05) is 0 Å². The fourth-order valence-corrected chi connectivity index (χ4v) is 5.13. The molecule has 1 unspecified atom stereocenters. The summed E-state index contributed by atoms with van der Waals surface area (Å²) in [7, 11) is 0. The Morgan fingerprint density at radius 3 is 2.46 bits per heavy atom. The number of likely N-dealkylation sites (tertiary alicyclic amines) is 1. The Morgan fingerprint density at radius 1 is 0.885 bits per heavy atom. The van der Waals surface area contributed by atoms with Crippen molar-refractivity contribution in [2.45, 2.75) is 82.6 Å². The largest absolute Gasteiger partial charge is 0.368 e. The lowest BCUT2D eigenvalue weighted by molar-refractivity contribution is 0.129. The summed E-state index contributed by atoms with van der Waals surface area (Å²) in [4.78, 5) is 16.2. The van der Waals surface area contributed by atoms with Crippen LogP contribution < -0.4 is 11.1 Å². The average molecular weight is 359 g/mol. The molecule has 1 atom stereocenters. The highest BCUT2D eigenvalue weighted by atomic mass is 15.2. The van der Waals surface area contributed by atoms with Gasteiger partial charge in [-0.25, -0.2) is 0 Å². The van der Waals surface area contributed by atoms with Crippen LogP contribution in [0.5, 0.6) is 0 Å². The zero-order valence-corrected chi connectivity index (χ0v) is 16.0. The van der Waals surface area contributed by atoms with Crippen LogP contribution in [-0.4, -0.2) is 45.5 Å². The molecule has 0 radical (unpaired) electrons. The molecule has 6 heteroatoms. The highest BCUT2D eigenvalue weighted by Gasteiger charge is 2.28. The van der Waals surface area contributed by atoms with Crippen molar-refractivity contribution in [1.29, 1.82) is 0 Å². The average Bonchev–Trinajstić information content (AvgIpc) is 3.22. The molecule has 0 bridgehead atoms. The van der Waals surface area contributed by atoms with Gasteiger partial charge in [0.2, 0.25) is 11.9 Å². The Balaban J connectivity index is 1.34. The number of rotatable bonds is 5. The highest BCUT2D eigenvalue weighted by Crippen LogP contribution is 2.31. The molecular weight excluding hydrogens is 324 g/mol. The van der Waals surface area contributed by atoms with Crippen LogP contribution in [0.3, 0.4) is 0 Å². The molecule has 6 nitrogen and oxygen atoms in total. The van der Waals surface area contributed by atoms with Crippen molar-refractivity contribution in [1.82, 2.24) is 19.9 Å². The molecule has 1 aliphatic heterocycles. The first kappa shape index (κ1) is 18.0. The first-order valence-electron chi connectivity index (χ1n) is 10.8. The molecule has 0 aromatic carbocycles. The minimum absolute atomic E-state index is 0.360. The number of piperidine rings is 1. The summed E-state index contributed by atoms with van der Waals surface area (Å²) in [5.74, 6) is 3.08. The van der Waals surface area contributed by atoms with Crippen LogP contribution in [0.1, 0.15) is 82.4 Å². The standard InChI is InChI=1S/C20H34N6/c21-19-23-18(16-8-2-1-3-9-16)24-20(25-19)22-13-15-7-6-12-26(14-15)17-10-4-5-11-17/h15-17H,1-14H2,(H3,21,22,23,24,25). The van der Waals surface area contributed by atoms with E-state index in [-0.39, 0.29) is 0 Å². The van der Waals surface area contributed by atoms with Gasteiger partial charge in [-0.3, -0.25) is 0 Å². The topological polar surface area (TPSA) is 80.0 Å². The van der Waals surface area contributed by atoms with Gasteiger partial charge in [-0.05, 0) is 51.0 Å². The summed E-state index contributed by atoms with van der Waals surface area (Å²) in [5.41, 5.74) is 5.97. The lowest BCUT2D eigenvalue weighted by atomic mass is 9.89. The van der Waals surface area contributed by atoms with Gasteiger partial charge < -0.3 is 16.0 Å². The first-order valence-corrected chi connectivity index (χ1v) is 10.8. The number of hydrogen-bond donors (Lipinski definition) is 2. The number of aromatic nitrogens is 3. The Hall–Kier alpha value is -1.43. The summed E-state index contributed by atoms with van der Waals surface area (Å²) >= 11 is 0. The summed E-state index contributed by atoms with van der Waals surface area (Å²) in [6, 6.07) is 0.837. The molecule has 1 aromatic rings. The van der Waals surface area contributed by atoms with E-state index in [1.165, 1.54) is 83.7 Å². The molecule has 26 heavy (non-hydrogen) atoms. The quantitative estimate of drug-likeness (QED) is 0.837. The van der Waals surface area contributed by atoms with E-state index in [0.717, 1.165) is 18.4 Å². The minimum atomic E-state index is 0.360. The van der Waals surface area contributed by atoms with E-state index in [1.54, 1.807) is 0 Å². The second-order valence-electron chi connectivity index (χ2n) is 8.53. The smallest absolute Gasteiger partial charge is 0.227 e. The second-order valence-corrected chi connectivity index (χ2v) is 8.53. The Labute approximate surface area is 157 Å². The van der Waals surface area contributed by atoms with E-state index >= 15 is 0 Å². The van der Waals surface area contributed by atoms with Crippen LogP contribution in [0.25, 0.3) is 0 Å². The SMILES string of the molecule is Nc1nc(NCC2CCCN(C3CCCC3)C2)nc(C2CCCCC2)n1. The lowest BCUT2D eigenvalue weighted by Gasteiger charge is -2.36. The predicted molar refractivity (Wildman–Crippen MR) is 105 cm³/mol. The number of anilines is 2. The number of nitrogens with zero attached hydrogens (tertiary/aromatic N) is 4. The molecule has 3 aliphatic rings. The summed E-state index contributed by atoms with van der Waals surface area (Å²) in [6.07, 6.45) is 14.5. The third-order valence-electron chi connectivity index (χ3n) is 6.58. The number of nitrogens with one attached hydrogen (secondary N) is 1. The molecule has 3 N–H and O–H groups in total. The fraction of sp³-hybridized carbons (Fsp3) is 0.850. The van der Waals surface area contributed by atoms with E-state index in [9.17, 15) is 0 Å². The van der Waals surface area contributed by atoms with Crippen molar-refractivity contribution in [3.05, 3.63) is 5.82 Å². The van der Waals surface area contributed by atoms with Gasteiger partial charge in [-0.1, -0.05) is 32.1 Å². The van der Waals surface area contributed by atoms with Crippen molar-refractivity contribution in [3.63, 3.8) is 0 Å². The van der Waals surface area contributed by atoms with Gasteiger partial charge in [0.05, 0.1) is 0 Å². The minimum Gasteiger partial charge on any atom is -0.368 e. The van der Waals surface area contributed by atoms with E-state index in [2.05, 4.69) is 20.2 Å². The molecule has 2 heterocycles. The van der Waals surface area contributed by atoms with Gasteiger partial charge in [0.25, 0.3) is 0 Å². The third kappa shape index (κ3) is 4.45. The first-order chi connectivity index (χ1) is 12.8. The van der Waals surface area contributed by atoms with E-state index < -0.39 is 0 Å². The number of nitrogen functional groups attached to an aromatic ring is 1. The Kier molecular flexibility index (Phi) is 5.88. The zero-order chi connectivity index (χ0) is 17.8. The summed E-state index contributed by atoms with van der Waals surface area (Å²) < 4.78 is 0. The number of nitrogens with two attached hydrogens (primary N) is 1. The highest BCUT2D eigenvalue weighted by molar-refractivity contribution is 5.32. The van der Waals surface area contributed by atoms with Crippen LogP contribution in [0.2, 0.25) is 0 Å². The monoisotopic (exact) mass is 358 g/mol. The van der Waals surface area contributed by atoms with Crippen LogP contribution in [0.4, 0.5) is 11.9 Å². The maximum absolute atomic E-state index is 5.97. The molecule has 1 saturated heterocycles. The van der Waals surface area contributed by atoms with E-state index in [4.69, 9.17) is 10.7 Å². The molecule has 2 aliphatic carbocycles. The Bertz CT molecular complexity index is 580.